The Kier molecular flexibility index (Phi) is 3.20. The third kappa shape index (κ3) is 2.03. The molecular weight excluding hydrogens is 220 g/mol. The first-order valence-corrected chi connectivity index (χ1v) is 4.46. The number of rotatable bonds is 2. The van der Waals surface area contributed by atoms with Gasteiger partial charge in [-0.25, -0.2) is 4.98 Å². The van der Waals surface area contributed by atoms with Gasteiger partial charge >= 0.3 is 0 Å². The molecule has 0 saturated heterocycles. The van der Waals surface area contributed by atoms with Crippen LogP contribution in [0.2, 0.25) is 0 Å². The molecule has 4 heteroatoms. The van der Waals surface area contributed by atoms with Crippen LogP contribution in [0.5, 0.6) is 0 Å². The third-order valence-corrected chi connectivity index (χ3v) is 2.33. The maximum atomic E-state index is 9.23. The van der Waals surface area contributed by atoms with Gasteiger partial charge in [-0.15, -0.1) is 0 Å². The number of hydrogen-bond acceptors (Lipinski definition) is 3. The van der Waals surface area contributed by atoms with Gasteiger partial charge in [0.15, 0.2) is 0 Å². The molecule has 1 rings (SSSR count). The molecule has 0 fully saturated rings. The second kappa shape index (κ2) is 3.98. The van der Waals surface area contributed by atoms with E-state index in [2.05, 4.69) is 20.9 Å². The lowest BCUT2D eigenvalue weighted by molar-refractivity contribution is 0.164. The Hall–Kier alpha value is -0.450. The minimum absolute atomic E-state index is 0.381. The number of aromatic nitrogens is 1. The van der Waals surface area contributed by atoms with Gasteiger partial charge in [0.1, 0.15) is 4.60 Å². The molecule has 0 saturated carbocycles. The van der Waals surface area contributed by atoms with E-state index in [0.717, 1.165) is 5.56 Å². The minimum atomic E-state index is -0.564. The smallest absolute Gasteiger partial charge is 0.110 e. The molecule has 0 radical (unpaired) electrons. The molecule has 0 spiro atoms. The van der Waals surface area contributed by atoms with E-state index in [1.54, 1.807) is 19.2 Å². The molecule has 2 atom stereocenters. The van der Waals surface area contributed by atoms with Crippen LogP contribution in [0.15, 0.2) is 22.9 Å². The monoisotopic (exact) mass is 230 g/mol. The summed E-state index contributed by atoms with van der Waals surface area (Å²) < 4.78 is 0.693. The molecule has 0 bridgehead atoms. The van der Waals surface area contributed by atoms with Crippen molar-refractivity contribution >= 4 is 15.9 Å². The molecule has 0 amide bonds. The van der Waals surface area contributed by atoms with Crippen LogP contribution in [0.25, 0.3) is 0 Å². The molecule has 1 heterocycles. The number of aliphatic hydroxyl groups is 1. The predicted octanol–water partition coefficient (Wildman–Crippen LogP) is 1.22. The molecule has 0 aliphatic heterocycles. The summed E-state index contributed by atoms with van der Waals surface area (Å²) in [7, 11) is 0. The summed E-state index contributed by atoms with van der Waals surface area (Å²) in [4.78, 5) is 4.01. The largest absolute Gasteiger partial charge is 0.391 e. The van der Waals surface area contributed by atoms with Crippen molar-refractivity contribution in [2.24, 2.45) is 5.73 Å². The minimum Gasteiger partial charge on any atom is -0.391 e. The highest BCUT2D eigenvalue weighted by atomic mass is 79.9. The second-order valence-electron chi connectivity index (χ2n) is 2.65. The highest BCUT2D eigenvalue weighted by Gasteiger charge is 2.14. The molecule has 1 aromatic heterocycles. The van der Waals surface area contributed by atoms with Crippen LogP contribution < -0.4 is 5.73 Å². The SMILES string of the molecule is CC(O)C(N)c1cccnc1Br. The van der Waals surface area contributed by atoms with E-state index < -0.39 is 6.10 Å². The van der Waals surface area contributed by atoms with Gasteiger partial charge in [-0.3, -0.25) is 0 Å². The predicted molar refractivity (Wildman–Crippen MR) is 50.5 cm³/mol. The van der Waals surface area contributed by atoms with E-state index in [-0.39, 0.29) is 6.04 Å². The molecule has 12 heavy (non-hydrogen) atoms. The second-order valence-corrected chi connectivity index (χ2v) is 3.40. The highest BCUT2D eigenvalue weighted by molar-refractivity contribution is 9.10. The zero-order valence-electron chi connectivity index (χ0n) is 6.74. The summed E-state index contributed by atoms with van der Waals surface area (Å²) in [5, 5.41) is 9.23. The van der Waals surface area contributed by atoms with Crippen molar-refractivity contribution in [3.05, 3.63) is 28.5 Å². The van der Waals surface area contributed by atoms with E-state index in [1.165, 1.54) is 0 Å². The number of nitrogens with zero attached hydrogens (tertiary/aromatic N) is 1. The number of pyridine rings is 1. The number of halogens is 1. The lowest BCUT2D eigenvalue weighted by Gasteiger charge is -2.15. The Morgan fingerprint density at radius 2 is 2.33 bits per heavy atom. The lowest BCUT2D eigenvalue weighted by atomic mass is 10.1. The molecule has 0 aliphatic carbocycles. The topological polar surface area (TPSA) is 59.1 Å². The lowest BCUT2D eigenvalue weighted by Crippen LogP contribution is -2.23. The fraction of sp³-hybridized carbons (Fsp3) is 0.375. The van der Waals surface area contributed by atoms with Gasteiger partial charge in [0.05, 0.1) is 12.1 Å². The van der Waals surface area contributed by atoms with Crippen molar-refractivity contribution in [3.8, 4) is 0 Å². The summed E-state index contributed by atoms with van der Waals surface area (Å²) in [6.45, 7) is 1.66. The van der Waals surface area contributed by atoms with Gasteiger partial charge in [-0.1, -0.05) is 6.07 Å². The first-order chi connectivity index (χ1) is 5.63. The Labute approximate surface area is 79.7 Å². The highest BCUT2D eigenvalue weighted by Crippen LogP contribution is 2.21. The number of aliphatic hydroxyl groups excluding tert-OH is 1. The molecule has 3 nitrogen and oxygen atoms in total. The Bertz CT molecular complexity index is 265. The van der Waals surface area contributed by atoms with Crippen molar-refractivity contribution in [1.82, 2.24) is 4.98 Å². The zero-order chi connectivity index (χ0) is 9.14. The average molecular weight is 231 g/mol. The summed E-state index contributed by atoms with van der Waals surface area (Å²) in [6.07, 6.45) is 1.10. The first kappa shape index (κ1) is 9.64. The number of hydrogen-bond donors (Lipinski definition) is 2. The maximum Gasteiger partial charge on any atom is 0.110 e. The van der Waals surface area contributed by atoms with Crippen LogP contribution in [0.3, 0.4) is 0 Å². The average Bonchev–Trinajstić information content (AvgIpc) is 2.04. The third-order valence-electron chi connectivity index (χ3n) is 1.67. The molecule has 2 unspecified atom stereocenters. The first-order valence-electron chi connectivity index (χ1n) is 3.67. The van der Waals surface area contributed by atoms with Gasteiger partial charge in [0, 0.05) is 11.8 Å². The summed E-state index contributed by atoms with van der Waals surface area (Å²) in [5.41, 5.74) is 6.55. The molecular formula is C8H11BrN2O. The van der Waals surface area contributed by atoms with Crippen LogP contribution in [-0.2, 0) is 0 Å². The van der Waals surface area contributed by atoms with Crippen LogP contribution in [0.4, 0.5) is 0 Å². The maximum absolute atomic E-state index is 9.23. The Morgan fingerprint density at radius 1 is 1.67 bits per heavy atom. The van der Waals surface area contributed by atoms with Crippen LogP contribution in [0, 0.1) is 0 Å². The van der Waals surface area contributed by atoms with Gasteiger partial charge in [-0.05, 0) is 28.9 Å². The summed E-state index contributed by atoms with van der Waals surface area (Å²) in [5.74, 6) is 0. The van der Waals surface area contributed by atoms with Crippen LogP contribution >= 0.6 is 15.9 Å². The van der Waals surface area contributed by atoms with Crippen molar-refractivity contribution in [2.75, 3.05) is 0 Å². The summed E-state index contributed by atoms with van der Waals surface area (Å²) >= 11 is 3.26. The fourth-order valence-electron chi connectivity index (χ4n) is 0.907. The van der Waals surface area contributed by atoms with Gasteiger partial charge < -0.3 is 10.8 Å². The van der Waals surface area contributed by atoms with E-state index in [0.29, 0.717) is 4.60 Å². The van der Waals surface area contributed by atoms with E-state index in [4.69, 9.17) is 5.73 Å². The van der Waals surface area contributed by atoms with Crippen molar-refractivity contribution in [1.29, 1.82) is 0 Å². The molecule has 0 aromatic carbocycles. The van der Waals surface area contributed by atoms with E-state index in [1.807, 2.05) is 6.07 Å². The fourth-order valence-corrected chi connectivity index (χ4v) is 1.42. The Morgan fingerprint density at radius 3 is 2.83 bits per heavy atom. The normalized spacial score (nSPS) is 15.7. The molecule has 0 aliphatic rings. The van der Waals surface area contributed by atoms with Crippen molar-refractivity contribution in [2.45, 2.75) is 19.1 Å². The summed E-state index contributed by atoms with van der Waals surface area (Å²) in [6, 6.07) is 3.25. The van der Waals surface area contributed by atoms with Gasteiger partial charge in [0.25, 0.3) is 0 Å². The van der Waals surface area contributed by atoms with Crippen molar-refractivity contribution < 1.29 is 5.11 Å². The van der Waals surface area contributed by atoms with E-state index in [9.17, 15) is 5.11 Å². The Balaban J connectivity index is 2.94. The molecule has 1 aromatic rings. The molecule has 3 N–H and O–H groups in total. The zero-order valence-corrected chi connectivity index (χ0v) is 8.32. The molecule has 66 valence electrons. The van der Waals surface area contributed by atoms with Crippen molar-refractivity contribution in [3.63, 3.8) is 0 Å². The number of nitrogens with two attached hydrogens (primary N) is 1. The van der Waals surface area contributed by atoms with Crippen LogP contribution in [0.1, 0.15) is 18.5 Å². The van der Waals surface area contributed by atoms with Gasteiger partial charge in [0.2, 0.25) is 0 Å². The van der Waals surface area contributed by atoms with E-state index >= 15 is 0 Å². The van der Waals surface area contributed by atoms with Crippen LogP contribution in [-0.4, -0.2) is 16.2 Å². The van der Waals surface area contributed by atoms with Gasteiger partial charge in [-0.2, -0.15) is 0 Å². The standard InChI is InChI=1S/C8H11BrN2O/c1-5(12)7(10)6-3-2-4-11-8(6)9/h2-5,7,12H,10H2,1H3. The quantitative estimate of drug-likeness (QED) is 0.752.